The Balaban J connectivity index is 0.00000149. The summed E-state index contributed by atoms with van der Waals surface area (Å²) in [5.74, 6) is -1.73. The lowest BCUT2D eigenvalue weighted by Gasteiger charge is -2.38. The molecule has 2 aliphatic rings. The summed E-state index contributed by atoms with van der Waals surface area (Å²) in [6.45, 7) is 8.28. The topological polar surface area (TPSA) is 0 Å². The third-order valence-electron chi connectivity index (χ3n) is 7.79. The van der Waals surface area contributed by atoms with E-state index in [1.165, 1.54) is 57.4 Å². The van der Waals surface area contributed by atoms with E-state index in [2.05, 4.69) is 20.1 Å². The normalized spacial score (nSPS) is 25.2. The molecule has 0 radical (unpaired) electrons. The van der Waals surface area contributed by atoms with Crippen LogP contribution in [0.3, 0.4) is 0 Å². The number of hydrogen-bond acceptors (Lipinski definition) is 0. The van der Waals surface area contributed by atoms with Crippen molar-refractivity contribution in [2.24, 2.45) is 17.8 Å². The van der Waals surface area contributed by atoms with E-state index in [1.807, 2.05) is 6.07 Å². The van der Waals surface area contributed by atoms with E-state index in [-0.39, 0.29) is 11.1 Å². The van der Waals surface area contributed by atoms with Crippen LogP contribution in [0.25, 0.3) is 11.1 Å². The Morgan fingerprint density at radius 3 is 1.79 bits per heavy atom. The fraction of sp³-hybridized carbons (Fsp3) is 0.517. The first-order chi connectivity index (χ1) is 16.0. The summed E-state index contributed by atoms with van der Waals surface area (Å²) in [6.07, 6.45) is 12.7. The molecule has 2 saturated carbocycles. The maximum atomic E-state index is 14.8. The minimum atomic E-state index is -1.53. The first kappa shape index (κ1) is 25.5. The minimum absolute atomic E-state index is 0.0165. The zero-order valence-electron chi connectivity index (χ0n) is 19.7. The van der Waals surface area contributed by atoms with Crippen LogP contribution in [-0.2, 0) is 0 Å². The van der Waals surface area contributed by atoms with Crippen molar-refractivity contribution in [3.8, 4) is 11.1 Å². The molecule has 2 aromatic carbocycles. The van der Waals surface area contributed by atoms with Crippen molar-refractivity contribution >= 4 is 0 Å². The predicted molar refractivity (Wildman–Crippen MR) is 128 cm³/mol. The molecular formula is C29H36F4. The lowest BCUT2D eigenvalue weighted by atomic mass is 9.68. The van der Waals surface area contributed by atoms with Crippen molar-refractivity contribution in [1.82, 2.24) is 0 Å². The second kappa shape index (κ2) is 11.9. The van der Waals surface area contributed by atoms with Crippen LogP contribution in [0, 0.1) is 41.0 Å². The molecule has 0 spiro atoms. The van der Waals surface area contributed by atoms with Crippen molar-refractivity contribution in [3.05, 3.63) is 72.3 Å². The Labute approximate surface area is 196 Å². The highest BCUT2D eigenvalue weighted by Gasteiger charge is 2.31. The lowest BCUT2D eigenvalue weighted by molar-refractivity contribution is 0.156. The number of benzene rings is 2. The standard InChI is InChI=1S/C27H32F4.C2H4/c1-2-3-17-4-6-18(7-5-17)19-8-10-20(11-9-19)21-12-13-23(24(28)14-21)22-15-25(29)27(31)26(30)16-22;1-2/h12-20H,2-11H2,1H3;1-2H2. The highest BCUT2D eigenvalue weighted by Crippen LogP contribution is 2.44. The van der Waals surface area contributed by atoms with Crippen molar-refractivity contribution in [3.63, 3.8) is 0 Å². The van der Waals surface area contributed by atoms with E-state index < -0.39 is 23.3 Å². The van der Waals surface area contributed by atoms with Gasteiger partial charge < -0.3 is 0 Å². The largest absolute Gasteiger partial charge is 0.206 e. The van der Waals surface area contributed by atoms with Gasteiger partial charge in [-0.1, -0.05) is 44.7 Å². The summed E-state index contributed by atoms with van der Waals surface area (Å²) in [7, 11) is 0. The molecule has 0 atom stereocenters. The van der Waals surface area contributed by atoms with Crippen LogP contribution < -0.4 is 0 Å². The molecule has 4 heteroatoms. The van der Waals surface area contributed by atoms with Gasteiger partial charge in [-0.25, -0.2) is 17.6 Å². The molecular weight excluding hydrogens is 424 g/mol. The molecule has 0 saturated heterocycles. The zero-order valence-corrected chi connectivity index (χ0v) is 19.7. The monoisotopic (exact) mass is 460 g/mol. The van der Waals surface area contributed by atoms with Gasteiger partial charge in [0.15, 0.2) is 17.5 Å². The van der Waals surface area contributed by atoms with Crippen LogP contribution >= 0.6 is 0 Å². The van der Waals surface area contributed by atoms with Crippen LogP contribution in [0.4, 0.5) is 17.6 Å². The highest BCUT2D eigenvalue weighted by molar-refractivity contribution is 5.65. The first-order valence-corrected chi connectivity index (χ1v) is 12.4. The van der Waals surface area contributed by atoms with Crippen LogP contribution in [0.5, 0.6) is 0 Å². The Morgan fingerprint density at radius 2 is 1.27 bits per heavy atom. The maximum Gasteiger partial charge on any atom is 0.194 e. The van der Waals surface area contributed by atoms with Crippen molar-refractivity contribution < 1.29 is 17.6 Å². The molecule has 0 heterocycles. The van der Waals surface area contributed by atoms with Gasteiger partial charge in [0.1, 0.15) is 5.82 Å². The van der Waals surface area contributed by atoms with Gasteiger partial charge in [-0.05, 0) is 91.5 Å². The average Bonchev–Trinajstić information content (AvgIpc) is 2.84. The van der Waals surface area contributed by atoms with Gasteiger partial charge in [-0.3, -0.25) is 0 Å². The third-order valence-corrected chi connectivity index (χ3v) is 7.79. The number of hydrogen-bond donors (Lipinski definition) is 0. The summed E-state index contributed by atoms with van der Waals surface area (Å²) in [5, 5.41) is 0. The summed E-state index contributed by atoms with van der Waals surface area (Å²) < 4.78 is 55.1. The average molecular weight is 461 g/mol. The fourth-order valence-electron chi connectivity index (χ4n) is 6.01. The van der Waals surface area contributed by atoms with E-state index in [1.54, 1.807) is 6.07 Å². The summed E-state index contributed by atoms with van der Waals surface area (Å²) in [6, 6.07) is 6.61. The van der Waals surface area contributed by atoms with Gasteiger partial charge in [0.25, 0.3) is 0 Å². The van der Waals surface area contributed by atoms with E-state index in [4.69, 9.17) is 0 Å². The Hall–Kier alpha value is -2.10. The van der Waals surface area contributed by atoms with E-state index in [0.717, 1.165) is 48.3 Å². The van der Waals surface area contributed by atoms with Crippen LogP contribution in [0.2, 0.25) is 0 Å². The van der Waals surface area contributed by atoms with Crippen molar-refractivity contribution in [1.29, 1.82) is 0 Å². The SMILES string of the molecule is C=C.CCCC1CCC(C2CCC(c3ccc(-c4cc(F)c(F)c(F)c4)c(F)c3)CC2)CC1. The van der Waals surface area contributed by atoms with Gasteiger partial charge in [0.2, 0.25) is 0 Å². The predicted octanol–water partition coefficient (Wildman–Crippen LogP) is 9.59. The third kappa shape index (κ3) is 6.07. The fourth-order valence-corrected chi connectivity index (χ4v) is 6.01. The smallest absolute Gasteiger partial charge is 0.194 e. The van der Waals surface area contributed by atoms with Crippen LogP contribution in [0.1, 0.15) is 82.6 Å². The lowest BCUT2D eigenvalue weighted by Crippen LogP contribution is -2.25. The van der Waals surface area contributed by atoms with Gasteiger partial charge in [0, 0.05) is 5.56 Å². The molecule has 0 unspecified atom stereocenters. The second-order valence-electron chi connectivity index (χ2n) is 9.67. The Morgan fingerprint density at radius 1 is 0.727 bits per heavy atom. The molecule has 0 nitrogen and oxygen atoms in total. The molecule has 0 N–H and O–H groups in total. The van der Waals surface area contributed by atoms with Gasteiger partial charge in [-0.15, -0.1) is 13.2 Å². The summed E-state index contributed by atoms with van der Waals surface area (Å²) >= 11 is 0. The van der Waals surface area contributed by atoms with Crippen LogP contribution in [0.15, 0.2) is 43.5 Å². The Bertz CT molecular complexity index is 883. The molecule has 2 fully saturated rings. The van der Waals surface area contributed by atoms with Gasteiger partial charge in [-0.2, -0.15) is 0 Å². The summed E-state index contributed by atoms with van der Waals surface area (Å²) in [4.78, 5) is 0. The molecule has 4 rings (SSSR count). The molecule has 180 valence electrons. The maximum absolute atomic E-state index is 14.8. The van der Waals surface area contributed by atoms with Gasteiger partial charge in [0.05, 0.1) is 0 Å². The number of halogens is 4. The van der Waals surface area contributed by atoms with E-state index in [9.17, 15) is 17.6 Å². The van der Waals surface area contributed by atoms with E-state index in [0.29, 0.717) is 5.92 Å². The first-order valence-electron chi connectivity index (χ1n) is 12.4. The molecule has 0 aliphatic heterocycles. The van der Waals surface area contributed by atoms with Gasteiger partial charge >= 0.3 is 0 Å². The molecule has 33 heavy (non-hydrogen) atoms. The highest BCUT2D eigenvalue weighted by atomic mass is 19.2. The van der Waals surface area contributed by atoms with Crippen LogP contribution in [-0.4, -0.2) is 0 Å². The quantitative estimate of drug-likeness (QED) is 0.237. The molecule has 0 amide bonds. The number of rotatable bonds is 5. The van der Waals surface area contributed by atoms with Crippen molar-refractivity contribution in [2.45, 2.75) is 77.0 Å². The summed E-state index contributed by atoms with van der Waals surface area (Å²) in [5.41, 5.74) is 1.07. The minimum Gasteiger partial charge on any atom is -0.206 e. The molecule has 2 aromatic rings. The Kier molecular flexibility index (Phi) is 9.17. The van der Waals surface area contributed by atoms with Crippen molar-refractivity contribution in [2.75, 3.05) is 0 Å². The molecule has 0 bridgehead atoms. The second-order valence-corrected chi connectivity index (χ2v) is 9.67. The molecule has 2 aliphatic carbocycles. The van der Waals surface area contributed by atoms with E-state index >= 15 is 0 Å². The zero-order chi connectivity index (χ0) is 24.0. The molecule has 0 aromatic heterocycles.